The first kappa shape index (κ1) is 19.5. The second-order valence-electron chi connectivity index (χ2n) is 6.50. The minimum atomic E-state index is -0.623. The monoisotopic (exact) mass is 430 g/mol. The van der Waals surface area contributed by atoms with Gasteiger partial charge in [-0.1, -0.05) is 29.0 Å². The van der Waals surface area contributed by atoms with Gasteiger partial charge in [-0.05, 0) is 23.8 Å². The molecule has 9 heteroatoms. The number of fused-ring (bicyclic) bond motifs is 1. The number of benzene rings is 2. The number of aldehydes is 1. The molecule has 29 heavy (non-hydrogen) atoms. The van der Waals surface area contributed by atoms with Crippen molar-refractivity contribution in [3.8, 4) is 11.5 Å². The van der Waals surface area contributed by atoms with Gasteiger partial charge in [-0.25, -0.2) is 4.98 Å². The summed E-state index contributed by atoms with van der Waals surface area (Å²) in [5.41, 5.74) is 9.18. The van der Waals surface area contributed by atoms with Crippen LogP contribution in [0.25, 0.3) is 10.2 Å². The first-order chi connectivity index (χ1) is 14.0. The molecule has 0 bridgehead atoms. The minimum absolute atomic E-state index is 0.421. The van der Waals surface area contributed by atoms with Gasteiger partial charge in [-0.15, -0.1) is 0 Å². The highest BCUT2D eigenvalue weighted by Gasteiger charge is 2.27. The number of hydrazone groups is 1. The zero-order valence-electron chi connectivity index (χ0n) is 15.9. The van der Waals surface area contributed by atoms with Crippen molar-refractivity contribution in [2.24, 2.45) is 5.10 Å². The number of ether oxygens (including phenoxy) is 2. The topological polar surface area (TPSA) is 90.0 Å². The SMILES string of the molecule is COc1cc(Cl)c(C(C=O)N2CCC(c3ccc4nc(N)sc4c3)=N2)cc1OC. The zero-order chi connectivity index (χ0) is 20.5. The van der Waals surface area contributed by atoms with E-state index in [-0.39, 0.29) is 0 Å². The molecule has 1 atom stereocenters. The molecule has 2 aromatic carbocycles. The number of methoxy groups -OCH3 is 2. The highest BCUT2D eigenvalue weighted by atomic mass is 35.5. The van der Waals surface area contributed by atoms with Crippen molar-refractivity contribution in [3.05, 3.63) is 46.5 Å². The molecule has 0 spiro atoms. The van der Waals surface area contributed by atoms with E-state index in [1.54, 1.807) is 24.3 Å². The van der Waals surface area contributed by atoms with E-state index in [9.17, 15) is 4.79 Å². The van der Waals surface area contributed by atoms with Crippen LogP contribution in [0.5, 0.6) is 11.5 Å². The van der Waals surface area contributed by atoms with Gasteiger partial charge in [0.2, 0.25) is 0 Å². The number of carbonyl (C=O) groups excluding carboxylic acids is 1. The van der Waals surface area contributed by atoms with Crippen LogP contribution in [0.4, 0.5) is 5.13 Å². The molecule has 2 N–H and O–H groups in total. The molecule has 1 aromatic heterocycles. The molecule has 0 saturated heterocycles. The lowest BCUT2D eigenvalue weighted by atomic mass is 10.1. The number of rotatable bonds is 6. The van der Waals surface area contributed by atoms with Crippen LogP contribution in [-0.2, 0) is 4.79 Å². The van der Waals surface area contributed by atoms with Crippen molar-refractivity contribution >= 4 is 50.3 Å². The Hall–Kier alpha value is -2.84. The highest BCUT2D eigenvalue weighted by molar-refractivity contribution is 7.22. The smallest absolute Gasteiger partial charge is 0.181 e. The maximum absolute atomic E-state index is 12.0. The molecule has 4 rings (SSSR count). The first-order valence-electron chi connectivity index (χ1n) is 8.91. The molecule has 0 aliphatic carbocycles. The van der Waals surface area contributed by atoms with Gasteiger partial charge in [0.1, 0.15) is 12.3 Å². The number of nitrogens with two attached hydrogens (primary N) is 1. The van der Waals surface area contributed by atoms with Crippen LogP contribution < -0.4 is 15.2 Å². The van der Waals surface area contributed by atoms with Crippen molar-refractivity contribution in [1.29, 1.82) is 0 Å². The van der Waals surface area contributed by atoms with E-state index in [0.29, 0.717) is 33.8 Å². The number of nitrogens with zero attached hydrogens (tertiary/aromatic N) is 3. The van der Waals surface area contributed by atoms with Crippen LogP contribution in [0.15, 0.2) is 35.4 Å². The minimum Gasteiger partial charge on any atom is -0.493 e. The molecule has 150 valence electrons. The lowest BCUT2D eigenvalue weighted by Crippen LogP contribution is -2.23. The second-order valence-corrected chi connectivity index (χ2v) is 7.97. The van der Waals surface area contributed by atoms with Crippen LogP contribution in [0.3, 0.4) is 0 Å². The van der Waals surface area contributed by atoms with Crippen LogP contribution >= 0.6 is 22.9 Å². The lowest BCUT2D eigenvalue weighted by Gasteiger charge is -2.23. The van der Waals surface area contributed by atoms with Gasteiger partial charge in [-0.2, -0.15) is 5.10 Å². The summed E-state index contributed by atoms with van der Waals surface area (Å²) in [7, 11) is 3.08. The third-order valence-corrected chi connectivity index (χ3v) is 6.01. The van der Waals surface area contributed by atoms with Gasteiger partial charge in [0.05, 0.1) is 35.2 Å². The number of hydrogen-bond donors (Lipinski definition) is 1. The Morgan fingerprint density at radius 3 is 2.72 bits per heavy atom. The first-order valence-corrected chi connectivity index (χ1v) is 10.1. The van der Waals surface area contributed by atoms with Crippen molar-refractivity contribution < 1.29 is 14.3 Å². The lowest BCUT2D eigenvalue weighted by molar-refractivity contribution is -0.112. The number of hydrogen-bond acceptors (Lipinski definition) is 8. The van der Waals surface area contributed by atoms with E-state index < -0.39 is 6.04 Å². The predicted octanol–water partition coefficient (Wildman–Crippen LogP) is 3.90. The van der Waals surface area contributed by atoms with Gasteiger partial charge in [-0.3, -0.25) is 5.01 Å². The number of nitrogen functional groups attached to an aromatic ring is 1. The van der Waals surface area contributed by atoms with Gasteiger partial charge in [0.15, 0.2) is 16.6 Å². The van der Waals surface area contributed by atoms with Crippen LogP contribution in [0.2, 0.25) is 5.02 Å². The molecule has 2 heterocycles. The van der Waals surface area contributed by atoms with Gasteiger partial charge in [0.25, 0.3) is 0 Å². The van der Waals surface area contributed by atoms with E-state index in [1.165, 1.54) is 18.4 Å². The number of aromatic nitrogens is 1. The maximum atomic E-state index is 12.0. The average molecular weight is 431 g/mol. The van der Waals surface area contributed by atoms with E-state index in [0.717, 1.165) is 34.2 Å². The van der Waals surface area contributed by atoms with Crippen molar-refractivity contribution in [1.82, 2.24) is 9.99 Å². The third kappa shape index (κ3) is 3.61. The molecule has 1 aliphatic rings. The standard InChI is InChI=1S/C20H19ClN4O3S/c1-27-17-8-12(13(21)9-18(17)28-2)16(10-26)25-6-5-14(24-25)11-3-4-15-19(7-11)29-20(22)23-15/h3-4,7-10,16H,5-6H2,1-2H3,(H2,22,23). The molecular weight excluding hydrogens is 412 g/mol. The maximum Gasteiger partial charge on any atom is 0.181 e. The van der Waals surface area contributed by atoms with Crippen molar-refractivity contribution in [2.75, 3.05) is 26.5 Å². The Morgan fingerprint density at radius 2 is 2.00 bits per heavy atom. The fourth-order valence-corrected chi connectivity index (χ4v) is 4.44. The molecule has 1 aliphatic heterocycles. The fourth-order valence-electron chi connectivity index (χ4n) is 3.40. The summed E-state index contributed by atoms with van der Waals surface area (Å²) < 4.78 is 11.6. The normalized spacial score (nSPS) is 14.7. The number of anilines is 1. The van der Waals surface area contributed by atoms with E-state index in [1.807, 2.05) is 18.2 Å². The van der Waals surface area contributed by atoms with Gasteiger partial charge >= 0.3 is 0 Å². The summed E-state index contributed by atoms with van der Waals surface area (Å²) in [4.78, 5) is 16.2. The molecule has 0 fully saturated rings. The Kier molecular flexibility index (Phi) is 5.29. The third-order valence-electron chi connectivity index (χ3n) is 4.84. The van der Waals surface area contributed by atoms with Crippen molar-refractivity contribution in [2.45, 2.75) is 12.5 Å². The number of halogens is 1. The number of carbonyl (C=O) groups is 1. The van der Waals surface area contributed by atoms with E-state index >= 15 is 0 Å². The Labute approximate surface area is 176 Å². The van der Waals surface area contributed by atoms with Crippen LogP contribution in [0.1, 0.15) is 23.6 Å². The number of thiazole rings is 1. The largest absolute Gasteiger partial charge is 0.493 e. The molecule has 0 radical (unpaired) electrons. The predicted molar refractivity (Wildman–Crippen MR) is 115 cm³/mol. The molecule has 3 aromatic rings. The Morgan fingerprint density at radius 1 is 1.24 bits per heavy atom. The average Bonchev–Trinajstić information content (AvgIpc) is 3.34. The molecule has 7 nitrogen and oxygen atoms in total. The fraction of sp³-hybridized carbons (Fsp3) is 0.250. The summed E-state index contributed by atoms with van der Waals surface area (Å²) >= 11 is 7.86. The molecule has 0 saturated carbocycles. The van der Waals surface area contributed by atoms with E-state index in [2.05, 4.69) is 4.98 Å². The molecule has 1 unspecified atom stereocenters. The van der Waals surface area contributed by atoms with Crippen molar-refractivity contribution in [3.63, 3.8) is 0 Å². The molecule has 0 amide bonds. The van der Waals surface area contributed by atoms with Crippen LogP contribution in [0, 0.1) is 0 Å². The van der Waals surface area contributed by atoms with E-state index in [4.69, 9.17) is 31.9 Å². The summed E-state index contributed by atoms with van der Waals surface area (Å²) in [5, 5.41) is 7.41. The quantitative estimate of drug-likeness (QED) is 0.596. The van der Waals surface area contributed by atoms with Gasteiger partial charge < -0.3 is 20.0 Å². The summed E-state index contributed by atoms with van der Waals surface area (Å²) in [6.45, 7) is 0.603. The summed E-state index contributed by atoms with van der Waals surface area (Å²) in [6, 6.07) is 8.69. The Balaban J connectivity index is 1.66. The Bertz CT molecular complexity index is 1110. The van der Waals surface area contributed by atoms with Gasteiger partial charge in [0, 0.05) is 24.6 Å². The summed E-state index contributed by atoms with van der Waals surface area (Å²) in [5.74, 6) is 1.02. The highest BCUT2D eigenvalue weighted by Crippen LogP contribution is 2.38. The second kappa shape index (κ2) is 7.88. The zero-order valence-corrected chi connectivity index (χ0v) is 17.5. The summed E-state index contributed by atoms with van der Waals surface area (Å²) in [6.07, 6.45) is 1.56. The molecular formula is C20H19ClN4O3S. The van der Waals surface area contributed by atoms with Crippen LogP contribution in [-0.4, -0.2) is 42.8 Å².